The highest BCUT2D eigenvalue weighted by Gasteiger charge is 2.28. The highest BCUT2D eigenvalue weighted by atomic mass is 35.5. The second kappa shape index (κ2) is 6.68. The highest BCUT2D eigenvalue weighted by Crippen LogP contribution is 2.21. The van der Waals surface area contributed by atoms with E-state index in [0.29, 0.717) is 0 Å². The maximum Gasteiger partial charge on any atom is 0.255 e. The number of halogens is 1. The molecule has 0 atom stereocenters. The van der Waals surface area contributed by atoms with Gasteiger partial charge in [-0.1, -0.05) is 24.3 Å². The van der Waals surface area contributed by atoms with Crippen LogP contribution < -0.4 is 15.9 Å². The number of aromatic nitrogens is 3. The zero-order chi connectivity index (χ0) is 16.1. The van der Waals surface area contributed by atoms with Gasteiger partial charge in [0.25, 0.3) is 5.95 Å². The Labute approximate surface area is 130 Å². The van der Waals surface area contributed by atoms with Gasteiger partial charge in [-0.15, -0.1) is 6.58 Å². The molecule has 1 aromatic carbocycles. The van der Waals surface area contributed by atoms with Crippen molar-refractivity contribution in [2.75, 3.05) is 16.7 Å². The summed E-state index contributed by atoms with van der Waals surface area (Å²) in [6, 6.07) is 8.18. The van der Waals surface area contributed by atoms with Crippen LogP contribution in [0.2, 0.25) is 5.28 Å². The Morgan fingerprint density at radius 3 is 2.55 bits per heavy atom. The minimum absolute atomic E-state index is 0.0374. The first-order valence-electron chi connectivity index (χ1n) is 6.04. The molecule has 0 aliphatic rings. The van der Waals surface area contributed by atoms with Gasteiger partial charge in [0.1, 0.15) is 5.69 Å². The number of para-hydroxylation sites is 1. The van der Waals surface area contributed by atoms with Crippen molar-refractivity contribution in [3.63, 3.8) is 0 Å². The lowest BCUT2D eigenvalue weighted by molar-refractivity contribution is -0.496. The molecule has 0 fully saturated rings. The molecule has 1 N–H and O–H groups in total. The fourth-order valence-corrected chi connectivity index (χ4v) is 1.86. The van der Waals surface area contributed by atoms with E-state index in [9.17, 15) is 10.1 Å². The van der Waals surface area contributed by atoms with Gasteiger partial charge in [0, 0.05) is 5.12 Å². The molecule has 0 saturated carbocycles. The van der Waals surface area contributed by atoms with Crippen LogP contribution in [-0.2, 0) is 0 Å². The summed E-state index contributed by atoms with van der Waals surface area (Å²) in [6.07, 6.45) is 1.45. The number of nitrogens with zero attached hydrogens (tertiary/aromatic N) is 6. The summed E-state index contributed by atoms with van der Waals surface area (Å²) >= 11 is 5.70. The number of hydrogen-bond donors (Lipinski definition) is 0. The number of hydrazine groups is 2. The summed E-state index contributed by atoms with van der Waals surface area (Å²) in [5.41, 5.74) is 7.76. The molecule has 9 nitrogen and oxygen atoms in total. The average Bonchev–Trinajstić information content (AvgIpc) is 2.46. The zero-order valence-electron chi connectivity index (χ0n) is 11.3. The van der Waals surface area contributed by atoms with Gasteiger partial charge in [-0.25, -0.2) is 10.1 Å². The Morgan fingerprint density at radius 2 is 2.00 bits per heavy atom. The van der Waals surface area contributed by atoms with Crippen molar-refractivity contribution in [3.8, 4) is 0 Å². The van der Waals surface area contributed by atoms with Crippen LogP contribution >= 0.6 is 11.6 Å². The fourth-order valence-electron chi connectivity index (χ4n) is 1.70. The molecule has 1 radical (unpaired) electrons. The summed E-state index contributed by atoms with van der Waals surface area (Å²) in [5, 5.41) is 12.5. The zero-order valence-corrected chi connectivity index (χ0v) is 12.0. The molecule has 1 aromatic heterocycles. The third-order valence-electron chi connectivity index (χ3n) is 2.50. The lowest BCUT2D eigenvalue weighted by Gasteiger charge is -2.26. The topological polar surface area (TPSA) is 112 Å². The van der Waals surface area contributed by atoms with Crippen LogP contribution in [0.1, 0.15) is 0 Å². The van der Waals surface area contributed by atoms with Gasteiger partial charge in [-0.3, -0.25) is 5.73 Å². The first-order valence-corrected chi connectivity index (χ1v) is 6.41. The van der Waals surface area contributed by atoms with Crippen LogP contribution in [0.25, 0.3) is 0 Å². The molecule has 0 spiro atoms. The molecule has 0 unspecified atom stereocenters. The van der Waals surface area contributed by atoms with Crippen molar-refractivity contribution in [3.05, 3.63) is 58.4 Å². The highest BCUT2D eigenvalue weighted by molar-refractivity contribution is 6.28. The van der Waals surface area contributed by atoms with Crippen LogP contribution in [0.4, 0.5) is 17.6 Å². The normalized spacial score (nSPS) is 10.0. The Bertz CT molecular complexity index is 662. The summed E-state index contributed by atoms with van der Waals surface area (Å²) in [5.74, 6) is -0.508. The Kier molecular flexibility index (Phi) is 4.69. The quantitative estimate of drug-likeness (QED) is 0.454. The van der Waals surface area contributed by atoms with E-state index >= 15 is 0 Å². The van der Waals surface area contributed by atoms with Crippen LogP contribution in [-0.4, -0.2) is 26.5 Å². The van der Waals surface area contributed by atoms with Crippen molar-refractivity contribution >= 4 is 29.2 Å². The standard InChI is InChI=1S/C12H11ClN7O2/c1-2-8-18(12-16-10(13)15-11(14)17-12)19(20(21)22)9-6-4-3-5-7-9/h2-7,14H,1,8H2. The summed E-state index contributed by atoms with van der Waals surface area (Å²) < 4.78 is 0. The van der Waals surface area contributed by atoms with Crippen LogP contribution in [0.5, 0.6) is 0 Å². The van der Waals surface area contributed by atoms with Gasteiger partial charge in [-0.05, 0) is 23.7 Å². The van der Waals surface area contributed by atoms with Crippen LogP contribution in [0.15, 0.2) is 43.0 Å². The smallest absolute Gasteiger partial charge is 0.255 e. The Morgan fingerprint density at radius 1 is 1.32 bits per heavy atom. The summed E-state index contributed by atoms with van der Waals surface area (Å²) in [6.45, 7) is 3.60. The second-order valence-corrected chi connectivity index (χ2v) is 4.30. The first-order chi connectivity index (χ1) is 10.5. The number of nitro groups is 1. The molecule has 2 rings (SSSR count). The van der Waals surface area contributed by atoms with Gasteiger partial charge in [-0.2, -0.15) is 20.0 Å². The summed E-state index contributed by atoms with van der Waals surface area (Å²) in [7, 11) is 0. The maximum absolute atomic E-state index is 11.5. The second-order valence-electron chi connectivity index (χ2n) is 3.96. The summed E-state index contributed by atoms with van der Waals surface area (Å²) in [4.78, 5) is 22.6. The lowest BCUT2D eigenvalue weighted by Crippen LogP contribution is -2.48. The van der Waals surface area contributed by atoms with E-state index in [1.807, 2.05) is 0 Å². The van der Waals surface area contributed by atoms with E-state index in [1.54, 1.807) is 30.3 Å². The monoisotopic (exact) mass is 320 g/mol. The van der Waals surface area contributed by atoms with Crippen LogP contribution in [0.3, 0.4) is 0 Å². The predicted octanol–water partition coefficient (Wildman–Crippen LogP) is 2.05. The molecule has 22 heavy (non-hydrogen) atoms. The number of benzene rings is 1. The van der Waals surface area contributed by atoms with Gasteiger partial charge >= 0.3 is 0 Å². The van der Waals surface area contributed by atoms with Crippen molar-refractivity contribution in [1.29, 1.82) is 0 Å². The third-order valence-corrected chi connectivity index (χ3v) is 2.67. The fraction of sp³-hybridized carbons (Fsp3) is 0.0833. The molecule has 10 heteroatoms. The van der Waals surface area contributed by atoms with Crippen molar-refractivity contribution in [1.82, 2.24) is 20.7 Å². The Balaban J connectivity index is 2.52. The molecular weight excluding hydrogens is 310 g/mol. The molecule has 2 aromatic rings. The minimum Gasteiger partial charge on any atom is -0.265 e. The molecule has 0 aliphatic carbocycles. The average molecular weight is 321 g/mol. The van der Waals surface area contributed by atoms with E-state index in [4.69, 9.17) is 17.3 Å². The van der Waals surface area contributed by atoms with Gasteiger partial charge < -0.3 is 0 Å². The predicted molar refractivity (Wildman–Crippen MR) is 81.1 cm³/mol. The maximum atomic E-state index is 11.5. The molecule has 0 amide bonds. The molecular formula is C12H11ClN7O2. The van der Waals surface area contributed by atoms with Gasteiger partial charge in [0.2, 0.25) is 11.2 Å². The first kappa shape index (κ1) is 15.4. The molecule has 113 valence electrons. The molecule has 0 bridgehead atoms. The SMILES string of the molecule is C=CCN(c1nc([NH])nc(Cl)n1)N(c1ccccc1)[N+](=O)[O-]. The van der Waals surface area contributed by atoms with Crippen molar-refractivity contribution in [2.45, 2.75) is 0 Å². The van der Waals surface area contributed by atoms with E-state index in [2.05, 4.69) is 21.5 Å². The number of anilines is 2. The number of nitrogens with one attached hydrogen (secondary N) is 1. The molecule has 0 aliphatic heterocycles. The minimum atomic E-state index is -0.625. The van der Waals surface area contributed by atoms with E-state index in [-0.39, 0.29) is 29.4 Å². The van der Waals surface area contributed by atoms with Crippen molar-refractivity contribution < 1.29 is 5.03 Å². The van der Waals surface area contributed by atoms with Gasteiger partial charge in [0.05, 0.1) is 6.54 Å². The van der Waals surface area contributed by atoms with Crippen molar-refractivity contribution in [2.24, 2.45) is 0 Å². The Hall–Kier alpha value is -2.94. The molecule has 0 saturated heterocycles. The largest absolute Gasteiger partial charge is 0.265 e. The lowest BCUT2D eigenvalue weighted by atomic mass is 10.3. The van der Waals surface area contributed by atoms with Gasteiger partial charge in [0.15, 0.2) is 5.03 Å². The van der Waals surface area contributed by atoms with E-state index in [1.165, 1.54) is 6.08 Å². The van der Waals surface area contributed by atoms with E-state index in [0.717, 1.165) is 10.1 Å². The number of hydrogen-bond acceptors (Lipinski definition) is 6. The number of rotatable bonds is 6. The van der Waals surface area contributed by atoms with Crippen LogP contribution in [0, 0.1) is 10.1 Å². The third kappa shape index (κ3) is 3.38. The van der Waals surface area contributed by atoms with E-state index < -0.39 is 5.03 Å². The molecule has 1 heterocycles.